The van der Waals surface area contributed by atoms with E-state index in [-0.39, 0.29) is 5.84 Å². The van der Waals surface area contributed by atoms with E-state index >= 15 is 0 Å². The molecule has 8 rings (SSSR count). The molecule has 8 aromatic rings. The van der Waals surface area contributed by atoms with Gasteiger partial charge >= 0.3 is 0 Å². The fourth-order valence-corrected chi connectivity index (χ4v) is 6.91. The molecule has 0 aliphatic heterocycles. The van der Waals surface area contributed by atoms with E-state index < -0.39 is 0 Å². The summed E-state index contributed by atoms with van der Waals surface area (Å²) in [5, 5.41) is 13.9. The quantitative estimate of drug-likeness (QED) is 0.161. The molecule has 6 aromatic carbocycles. The predicted octanol–water partition coefficient (Wildman–Crippen LogP) is 9.85. The monoisotopic (exact) mass is 570 g/mol. The van der Waals surface area contributed by atoms with Crippen molar-refractivity contribution in [2.45, 2.75) is 0 Å². The number of benzene rings is 6. The second kappa shape index (κ2) is 10.4. The number of hydrogen-bond donors (Lipinski definition) is 2. The minimum atomic E-state index is 0.193. The summed E-state index contributed by atoms with van der Waals surface area (Å²) in [6.07, 6.45) is 0. The van der Waals surface area contributed by atoms with Crippen LogP contribution in [0.1, 0.15) is 11.1 Å². The maximum Gasteiger partial charge on any atom is 0.154 e. The van der Waals surface area contributed by atoms with E-state index in [9.17, 15) is 0 Å². The average Bonchev–Trinajstić information content (AvgIpc) is 3.59. The summed E-state index contributed by atoms with van der Waals surface area (Å²) in [6, 6.07) is 50.0. The Morgan fingerprint density at radius 1 is 0.535 bits per heavy atom. The molecule has 0 unspecified atom stereocenters. The number of aliphatic imine (C=N–C) groups is 1. The fourth-order valence-electron chi connectivity index (χ4n) is 5.79. The van der Waals surface area contributed by atoms with Gasteiger partial charge in [0.1, 0.15) is 0 Å². The second-order valence-electron chi connectivity index (χ2n) is 10.5. The number of amidine groups is 2. The van der Waals surface area contributed by atoms with Crippen LogP contribution < -0.4 is 5.43 Å². The zero-order valence-corrected chi connectivity index (χ0v) is 24.0. The summed E-state index contributed by atoms with van der Waals surface area (Å²) >= 11 is 1.81. The van der Waals surface area contributed by atoms with Crippen LogP contribution in [-0.2, 0) is 0 Å². The molecular formula is C38H26N4S. The minimum Gasteiger partial charge on any atom is -0.282 e. The Labute approximate surface area is 252 Å². The number of aromatic nitrogens is 1. The van der Waals surface area contributed by atoms with Crippen molar-refractivity contribution in [1.29, 1.82) is 5.41 Å². The maximum absolute atomic E-state index is 8.97. The van der Waals surface area contributed by atoms with Gasteiger partial charge in [0.15, 0.2) is 11.7 Å². The Hall–Kier alpha value is -5.52. The van der Waals surface area contributed by atoms with Crippen molar-refractivity contribution in [3.63, 3.8) is 0 Å². The third-order valence-corrected chi connectivity index (χ3v) is 9.06. The van der Waals surface area contributed by atoms with Crippen LogP contribution in [0.15, 0.2) is 151 Å². The van der Waals surface area contributed by atoms with Gasteiger partial charge in [-0.25, -0.2) is 4.99 Å². The third-order valence-electron chi connectivity index (χ3n) is 7.93. The van der Waals surface area contributed by atoms with E-state index in [0.29, 0.717) is 5.84 Å². The van der Waals surface area contributed by atoms with E-state index in [2.05, 4.69) is 82.9 Å². The predicted molar refractivity (Wildman–Crippen MR) is 183 cm³/mol. The standard InChI is InChI=1S/C38H26N4S/c39-37(27-21-19-26(20-22-27)25-11-3-1-4-12-25)40-38(28-13-5-2-6-14-28)41-42-33-17-9-7-15-29(33)31-23-32-30-16-8-10-18-35(30)43-36(32)24-34(31)42/h1-24H,(H2,39,40,41). The highest BCUT2D eigenvalue weighted by atomic mass is 32.1. The molecule has 0 atom stereocenters. The molecule has 2 N–H and O–H groups in total. The number of fused-ring (bicyclic) bond motifs is 6. The number of nitrogens with zero attached hydrogens (tertiary/aromatic N) is 2. The Bertz CT molecular complexity index is 2310. The Balaban J connectivity index is 1.25. The Kier molecular flexibility index (Phi) is 6.09. The number of thiophene rings is 1. The molecule has 0 aliphatic carbocycles. The Morgan fingerprint density at radius 2 is 1.19 bits per heavy atom. The van der Waals surface area contributed by atoms with Gasteiger partial charge in [-0.05, 0) is 35.4 Å². The zero-order valence-electron chi connectivity index (χ0n) is 23.2. The Morgan fingerprint density at radius 3 is 1.98 bits per heavy atom. The zero-order chi connectivity index (χ0) is 28.8. The lowest BCUT2D eigenvalue weighted by Crippen LogP contribution is -2.25. The van der Waals surface area contributed by atoms with Gasteiger partial charge in [-0.15, -0.1) is 11.3 Å². The summed E-state index contributed by atoms with van der Waals surface area (Å²) in [5.41, 5.74) is 9.68. The summed E-state index contributed by atoms with van der Waals surface area (Å²) in [6.45, 7) is 0. The molecular weight excluding hydrogens is 545 g/mol. The van der Waals surface area contributed by atoms with E-state index in [1.807, 2.05) is 84.1 Å². The molecule has 0 bridgehead atoms. The van der Waals surface area contributed by atoms with Gasteiger partial charge in [0.25, 0.3) is 0 Å². The molecule has 0 fully saturated rings. The van der Waals surface area contributed by atoms with E-state index in [1.54, 1.807) is 0 Å². The first-order valence-corrected chi connectivity index (χ1v) is 15.0. The summed E-state index contributed by atoms with van der Waals surface area (Å²) in [5.74, 6) is 0.801. The molecule has 43 heavy (non-hydrogen) atoms. The second-order valence-corrected chi connectivity index (χ2v) is 11.6. The van der Waals surface area contributed by atoms with E-state index in [1.165, 1.54) is 30.9 Å². The highest BCUT2D eigenvalue weighted by molar-refractivity contribution is 7.25. The van der Waals surface area contributed by atoms with Crippen LogP contribution in [0.4, 0.5) is 0 Å². The fraction of sp³-hybridized carbons (Fsp3) is 0. The van der Waals surface area contributed by atoms with Crippen LogP contribution in [0.2, 0.25) is 0 Å². The van der Waals surface area contributed by atoms with E-state index in [4.69, 9.17) is 10.4 Å². The topological polar surface area (TPSA) is 53.2 Å². The first kappa shape index (κ1) is 25.2. The molecule has 0 radical (unpaired) electrons. The minimum absolute atomic E-state index is 0.193. The molecule has 5 heteroatoms. The maximum atomic E-state index is 8.97. The van der Waals surface area contributed by atoms with Crippen LogP contribution in [-0.4, -0.2) is 16.3 Å². The first-order valence-electron chi connectivity index (χ1n) is 14.2. The van der Waals surface area contributed by atoms with Crippen LogP contribution >= 0.6 is 11.3 Å². The number of rotatable bonds is 4. The molecule has 4 nitrogen and oxygen atoms in total. The largest absolute Gasteiger partial charge is 0.282 e. The van der Waals surface area contributed by atoms with Crippen molar-refractivity contribution in [1.82, 2.24) is 4.68 Å². The summed E-state index contributed by atoms with van der Waals surface area (Å²) in [7, 11) is 0. The molecule has 0 saturated carbocycles. The van der Waals surface area contributed by atoms with Crippen LogP contribution in [0.25, 0.3) is 53.1 Å². The molecule has 0 spiro atoms. The smallest absolute Gasteiger partial charge is 0.154 e. The van der Waals surface area contributed by atoms with Gasteiger partial charge in [0, 0.05) is 42.1 Å². The molecule has 2 aromatic heterocycles. The summed E-state index contributed by atoms with van der Waals surface area (Å²) in [4.78, 5) is 4.88. The van der Waals surface area contributed by atoms with Gasteiger partial charge < -0.3 is 0 Å². The summed E-state index contributed by atoms with van der Waals surface area (Å²) < 4.78 is 4.64. The first-order chi connectivity index (χ1) is 21.2. The normalized spacial score (nSPS) is 12.0. The van der Waals surface area contributed by atoms with Crippen molar-refractivity contribution in [3.8, 4) is 11.1 Å². The number of hydrogen-bond acceptors (Lipinski definition) is 2. The number of para-hydroxylation sites is 1. The van der Waals surface area contributed by atoms with Gasteiger partial charge in [0.05, 0.1) is 11.0 Å². The van der Waals surface area contributed by atoms with Crippen molar-refractivity contribution >= 4 is 65.0 Å². The highest BCUT2D eigenvalue weighted by Gasteiger charge is 2.16. The highest BCUT2D eigenvalue weighted by Crippen LogP contribution is 2.39. The number of nitrogens with one attached hydrogen (secondary N) is 2. The molecule has 204 valence electrons. The third kappa shape index (κ3) is 4.47. The van der Waals surface area contributed by atoms with E-state index in [0.717, 1.165) is 33.3 Å². The van der Waals surface area contributed by atoms with Gasteiger partial charge in [-0.1, -0.05) is 121 Å². The van der Waals surface area contributed by atoms with Crippen LogP contribution in [0.3, 0.4) is 0 Å². The average molecular weight is 571 g/mol. The van der Waals surface area contributed by atoms with Gasteiger partial charge in [-0.3, -0.25) is 15.5 Å². The van der Waals surface area contributed by atoms with Crippen molar-refractivity contribution in [2.75, 3.05) is 5.43 Å². The lowest BCUT2D eigenvalue weighted by Gasteiger charge is -2.15. The van der Waals surface area contributed by atoms with Crippen LogP contribution in [0.5, 0.6) is 0 Å². The molecule has 0 saturated heterocycles. The SMILES string of the molecule is N=C(N=C(Nn1c2ccccc2c2cc3c(cc21)sc1ccccc13)c1ccccc1)c1ccc(-c2ccccc2)cc1. The lowest BCUT2D eigenvalue weighted by atomic mass is 10.0. The molecule has 0 amide bonds. The molecule has 0 aliphatic rings. The van der Waals surface area contributed by atoms with Crippen LogP contribution in [0, 0.1) is 5.41 Å². The van der Waals surface area contributed by atoms with Crippen molar-refractivity contribution in [2.24, 2.45) is 4.99 Å². The van der Waals surface area contributed by atoms with Gasteiger partial charge in [-0.2, -0.15) is 0 Å². The van der Waals surface area contributed by atoms with Gasteiger partial charge in [0.2, 0.25) is 0 Å². The lowest BCUT2D eigenvalue weighted by molar-refractivity contribution is 1.08. The molecule has 2 heterocycles. The van der Waals surface area contributed by atoms with Crippen molar-refractivity contribution in [3.05, 3.63) is 157 Å². The van der Waals surface area contributed by atoms with Crippen molar-refractivity contribution < 1.29 is 0 Å².